The van der Waals surface area contributed by atoms with Gasteiger partial charge in [0.25, 0.3) is 0 Å². The molecule has 2 aliphatic rings. The lowest BCUT2D eigenvalue weighted by atomic mass is 10.2. The summed E-state index contributed by atoms with van der Waals surface area (Å²) in [5.41, 5.74) is 2.80. The van der Waals surface area contributed by atoms with Crippen molar-refractivity contribution in [1.29, 1.82) is 0 Å². The first-order valence-corrected chi connectivity index (χ1v) is 14.4. The number of nitrogens with one attached hydrogen (secondary N) is 2. The van der Waals surface area contributed by atoms with Gasteiger partial charge in [0.2, 0.25) is 0 Å². The summed E-state index contributed by atoms with van der Waals surface area (Å²) in [5.74, 6) is 0.732. The smallest absolute Gasteiger partial charge is 0.410 e. The molecule has 1 saturated heterocycles. The lowest BCUT2D eigenvalue weighted by Crippen LogP contribution is -2.36. The molecular weight excluding hydrogens is 496 g/mol. The van der Waals surface area contributed by atoms with E-state index in [0.717, 1.165) is 63.5 Å². The van der Waals surface area contributed by atoms with Gasteiger partial charge in [-0.25, -0.2) is 9.78 Å². The Balaban J connectivity index is 1.35. The zero-order valence-electron chi connectivity index (χ0n) is 20.8. The van der Waals surface area contributed by atoms with Crippen LogP contribution in [0.2, 0.25) is 0 Å². The Labute approximate surface area is 217 Å². The summed E-state index contributed by atoms with van der Waals surface area (Å²) in [6.45, 7) is 8.49. The van der Waals surface area contributed by atoms with Gasteiger partial charge in [0.05, 0.1) is 21.8 Å². The van der Waals surface area contributed by atoms with Crippen LogP contribution in [-0.2, 0) is 15.5 Å². The summed E-state index contributed by atoms with van der Waals surface area (Å²) < 4.78 is 18.7. The number of aromatic amines is 1. The minimum Gasteiger partial charge on any atom is -0.447 e. The van der Waals surface area contributed by atoms with E-state index in [9.17, 15) is 9.00 Å². The molecule has 1 aliphatic carbocycles. The van der Waals surface area contributed by atoms with E-state index in [0.29, 0.717) is 19.6 Å². The topological polar surface area (TPSA) is 103 Å². The second kappa shape index (κ2) is 10.6. The number of hydrogen-bond donors (Lipinski definition) is 2. The first-order valence-electron chi connectivity index (χ1n) is 12.4. The molecule has 2 fully saturated rings. The molecule has 1 saturated carbocycles. The van der Waals surface area contributed by atoms with Crippen LogP contribution in [0.5, 0.6) is 0 Å². The van der Waals surface area contributed by atoms with Gasteiger partial charge >= 0.3 is 6.09 Å². The first-order chi connectivity index (χ1) is 17.4. The molecule has 1 unspecified atom stereocenters. The fraction of sp³-hybridized carbons (Fsp3) is 0.480. The third-order valence-corrected chi connectivity index (χ3v) is 9.06. The highest BCUT2D eigenvalue weighted by Gasteiger charge is 2.31. The number of aromatic nitrogens is 3. The van der Waals surface area contributed by atoms with Crippen molar-refractivity contribution in [3.8, 4) is 10.4 Å². The highest BCUT2D eigenvalue weighted by Crippen LogP contribution is 2.40. The molecule has 2 aromatic heterocycles. The third kappa shape index (κ3) is 5.73. The lowest BCUT2D eigenvalue weighted by molar-refractivity contribution is 0.0788. The van der Waals surface area contributed by atoms with Crippen molar-refractivity contribution in [2.75, 3.05) is 36.4 Å². The SMILES string of the molecule is Cc1cc(Nc2ccc(-c3cnc(N4CCCN(C(=O)OC(C)C)CC4)s3)c(S(=O)C3CC3)c2)n[nH]1. The van der Waals surface area contributed by atoms with Gasteiger partial charge in [-0.1, -0.05) is 17.4 Å². The minimum atomic E-state index is -1.07. The standard InChI is InChI=1S/C25H32N6O3S2/c1-16(2)34-25(32)31-10-4-9-30(11-12-31)24-26-15-21(35-24)20-8-5-18(27-23-13-17(3)28-29-23)14-22(20)36(33)19-6-7-19/h5,8,13-16,19H,4,6-7,9-12H2,1-3H3,(H2,27,28,29). The fourth-order valence-electron chi connectivity index (χ4n) is 4.16. The number of aryl methyl sites for hydroxylation is 1. The van der Waals surface area contributed by atoms with E-state index in [4.69, 9.17) is 9.72 Å². The number of benzene rings is 1. The van der Waals surface area contributed by atoms with Crippen LogP contribution in [0.1, 0.15) is 38.8 Å². The second-order valence-electron chi connectivity index (χ2n) is 9.54. The highest BCUT2D eigenvalue weighted by molar-refractivity contribution is 7.86. The summed E-state index contributed by atoms with van der Waals surface area (Å²) in [4.78, 5) is 22.9. The van der Waals surface area contributed by atoms with E-state index in [1.54, 1.807) is 16.2 Å². The minimum absolute atomic E-state index is 0.126. The highest BCUT2D eigenvalue weighted by atomic mass is 32.2. The van der Waals surface area contributed by atoms with E-state index in [2.05, 4.69) is 20.4 Å². The van der Waals surface area contributed by atoms with Crippen LogP contribution in [0.4, 0.5) is 21.4 Å². The van der Waals surface area contributed by atoms with Crippen molar-refractivity contribution in [2.45, 2.75) is 56.3 Å². The zero-order valence-corrected chi connectivity index (χ0v) is 22.5. The van der Waals surface area contributed by atoms with E-state index in [1.807, 2.05) is 51.2 Å². The van der Waals surface area contributed by atoms with Crippen molar-refractivity contribution in [2.24, 2.45) is 0 Å². The molecule has 0 radical (unpaired) electrons. The largest absolute Gasteiger partial charge is 0.447 e. The molecule has 0 bridgehead atoms. The summed E-state index contributed by atoms with van der Waals surface area (Å²) in [5, 5.41) is 11.6. The number of H-pyrrole nitrogens is 1. The molecule has 36 heavy (non-hydrogen) atoms. The zero-order chi connectivity index (χ0) is 25.2. The van der Waals surface area contributed by atoms with Crippen LogP contribution in [0.25, 0.3) is 10.4 Å². The van der Waals surface area contributed by atoms with Crippen LogP contribution in [0.15, 0.2) is 35.4 Å². The van der Waals surface area contributed by atoms with Crippen molar-refractivity contribution < 1.29 is 13.7 Å². The van der Waals surface area contributed by atoms with Crippen LogP contribution in [-0.4, -0.2) is 67.9 Å². The Kier molecular flexibility index (Phi) is 7.29. The van der Waals surface area contributed by atoms with Gasteiger partial charge in [-0.2, -0.15) is 5.10 Å². The summed E-state index contributed by atoms with van der Waals surface area (Å²) in [6, 6.07) is 7.94. The van der Waals surface area contributed by atoms with E-state index < -0.39 is 10.8 Å². The van der Waals surface area contributed by atoms with Crippen molar-refractivity contribution in [3.63, 3.8) is 0 Å². The molecule has 1 aliphatic heterocycles. The van der Waals surface area contributed by atoms with Crippen LogP contribution in [0, 0.1) is 6.92 Å². The number of carbonyl (C=O) groups excluding carboxylic acids is 1. The second-order valence-corrected chi connectivity index (χ2v) is 12.2. The predicted molar refractivity (Wildman–Crippen MR) is 144 cm³/mol. The van der Waals surface area contributed by atoms with Crippen LogP contribution >= 0.6 is 11.3 Å². The monoisotopic (exact) mass is 528 g/mol. The van der Waals surface area contributed by atoms with Gasteiger partial charge in [0.15, 0.2) is 10.9 Å². The lowest BCUT2D eigenvalue weighted by Gasteiger charge is -2.22. The molecule has 3 aromatic rings. The molecule has 2 N–H and O–H groups in total. The molecular formula is C25H32N6O3S2. The average molecular weight is 529 g/mol. The number of ether oxygens (including phenoxy) is 1. The quantitative estimate of drug-likeness (QED) is 0.449. The molecule has 1 aromatic carbocycles. The Morgan fingerprint density at radius 1 is 1.22 bits per heavy atom. The Morgan fingerprint density at radius 3 is 2.78 bits per heavy atom. The van der Waals surface area contributed by atoms with E-state index >= 15 is 0 Å². The molecule has 1 atom stereocenters. The molecule has 192 valence electrons. The fourth-order valence-corrected chi connectivity index (χ4v) is 6.80. The van der Waals surface area contributed by atoms with Gasteiger partial charge in [0, 0.05) is 65.5 Å². The van der Waals surface area contributed by atoms with Gasteiger partial charge < -0.3 is 19.9 Å². The number of anilines is 3. The van der Waals surface area contributed by atoms with E-state index in [1.165, 1.54) is 0 Å². The van der Waals surface area contributed by atoms with Gasteiger partial charge in [0.1, 0.15) is 0 Å². The molecule has 0 spiro atoms. The Morgan fingerprint density at radius 2 is 2.06 bits per heavy atom. The number of hydrogen-bond acceptors (Lipinski definition) is 8. The van der Waals surface area contributed by atoms with Crippen molar-refractivity contribution in [1.82, 2.24) is 20.1 Å². The molecule has 1 amide bonds. The average Bonchev–Trinajstić information content (AvgIpc) is 3.53. The number of carbonyl (C=O) groups is 1. The van der Waals surface area contributed by atoms with Crippen molar-refractivity contribution >= 4 is 44.9 Å². The van der Waals surface area contributed by atoms with Gasteiger partial charge in [-0.3, -0.25) is 9.31 Å². The third-order valence-electron chi connectivity index (χ3n) is 6.12. The van der Waals surface area contributed by atoms with E-state index in [-0.39, 0.29) is 17.4 Å². The number of nitrogens with zero attached hydrogens (tertiary/aromatic N) is 4. The Hall–Kier alpha value is -2.92. The number of rotatable bonds is 7. The summed E-state index contributed by atoms with van der Waals surface area (Å²) >= 11 is 1.61. The molecule has 11 heteroatoms. The molecule has 5 rings (SSSR count). The van der Waals surface area contributed by atoms with Crippen molar-refractivity contribution in [3.05, 3.63) is 36.2 Å². The molecule has 3 heterocycles. The first kappa shape index (κ1) is 24.8. The predicted octanol–water partition coefficient (Wildman–Crippen LogP) is 4.91. The number of thiazole rings is 1. The normalized spacial score (nSPS) is 17.2. The number of amides is 1. The van der Waals surface area contributed by atoms with Crippen LogP contribution < -0.4 is 10.2 Å². The van der Waals surface area contributed by atoms with Gasteiger partial charge in [-0.05, 0) is 52.2 Å². The summed E-state index contributed by atoms with van der Waals surface area (Å²) in [7, 11) is -1.07. The summed E-state index contributed by atoms with van der Waals surface area (Å²) in [6.07, 6.45) is 4.35. The van der Waals surface area contributed by atoms with Crippen LogP contribution in [0.3, 0.4) is 0 Å². The maximum absolute atomic E-state index is 13.3. The maximum atomic E-state index is 13.3. The Bertz CT molecular complexity index is 1250. The maximum Gasteiger partial charge on any atom is 0.410 e. The molecule has 9 nitrogen and oxygen atoms in total. The van der Waals surface area contributed by atoms with Gasteiger partial charge in [-0.15, -0.1) is 0 Å².